The Morgan fingerprint density at radius 3 is 2.68 bits per heavy atom. The lowest BCUT2D eigenvalue weighted by molar-refractivity contribution is 0.103. The van der Waals surface area contributed by atoms with Crippen LogP contribution in [0, 0.1) is 0 Å². The molecule has 0 unspecified atom stereocenters. The van der Waals surface area contributed by atoms with Crippen molar-refractivity contribution in [2.24, 2.45) is 0 Å². The molecule has 122 valence electrons. The molecule has 0 fully saturated rings. The molecule has 2 aromatic carbocycles. The van der Waals surface area contributed by atoms with Gasteiger partial charge >= 0.3 is 0 Å². The fraction of sp³-hybridized carbons (Fsp3) is 0.0500. The van der Waals surface area contributed by atoms with Gasteiger partial charge in [-0.1, -0.05) is 36.4 Å². The molecule has 4 aromatic rings. The molecule has 0 bridgehead atoms. The van der Waals surface area contributed by atoms with E-state index in [0.29, 0.717) is 16.5 Å². The second-order valence-corrected chi connectivity index (χ2v) is 5.67. The smallest absolute Gasteiger partial charge is 0.206 e. The zero-order valence-electron chi connectivity index (χ0n) is 13.4. The molecule has 1 N–H and O–H groups in total. The van der Waals surface area contributed by atoms with Gasteiger partial charge in [-0.3, -0.25) is 14.6 Å². The third-order valence-corrected chi connectivity index (χ3v) is 4.21. The molecule has 25 heavy (non-hydrogen) atoms. The Hall–Kier alpha value is -3.47. The molecule has 0 aliphatic rings. The van der Waals surface area contributed by atoms with Gasteiger partial charge < -0.3 is 9.72 Å². The summed E-state index contributed by atoms with van der Waals surface area (Å²) >= 11 is 0. The van der Waals surface area contributed by atoms with Gasteiger partial charge in [0.25, 0.3) is 0 Å². The number of benzene rings is 2. The quantitative estimate of drug-likeness (QED) is 0.585. The van der Waals surface area contributed by atoms with Crippen LogP contribution in [-0.2, 0) is 0 Å². The number of pyridine rings is 2. The highest BCUT2D eigenvalue weighted by Gasteiger charge is 2.21. The van der Waals surface area contributed by atoms with Crippen molar-refractivity contribution in [3.05, 3.63) is 82.3 Å². The zero-order valence-corrected chi connectivity index (χ0v) is 13.4. The van der Waals surface area contributed by atoms with Gasteiger partial charge in [0.2, 0.25) is 17.1 Å². The third-order valence-electron chi connectivity index (χ3n) is 4.21. The largest absolute Gasteiger partial charge is 0.482 e. The van der Waals surface area contributed by atoms with E-state index < -0.39 is 0 Å². The number of nitrogens with one attached hydrogen (secondary N) is 1. The first-order chi connectivity index (χ1) is 12.2. The number of aromatic nitrogens is 2. The number of ketones is 1. The summed E-state index contributed by atoms with van der Waals surface area (Å²) in [5.41, 5.74) is 0.595. The van der Waals surface area contributed by atoms with Crippen molar-refractivity contribution in [1.29, 1.82) is 0 Å². The van der Waals surface area contributed by atoms with Crippen LogP contribution in [-0.4, -0.2) is 22.9 Å². The maximum atomic E-state index is 13.0. The summed E-state index contributed by atoms with van der Waals surface area (Å²) in [6.07, 6.45) is 3.05. The molecule has 4 rings (SSSR count). The molecular weight excluding hydrogens is 316 g/mol. The Balaban J connectivity index is 1.94. The van der Waals surface area contributed by atoms with Gasteiger partial charge in [-0.2, -0.15) is 0 Å². The van der Waals surface area contributed by atoms with Crippen LogP contribution in [0.5, 0.6) is 5.88 Å². The summed E-state index contributed by atoms with van der Waals surface area (Å²) in [6, 6.07) is 14.7. The standard InChI is InChI=1S/C20H14N2O3/c1-25-20-17(19(24)15-8-9-21-11-16(15)22-20)18(23)14-7-6-12-4-2-3-5-13(12)10-14/h2-11H,1H3,(H,22,24). The van der Waals surface area contributed by atoms with Crippen molar-refractivity contribution in [2.75, 3.05) is 7.11 Å². The third kappa shape index (κ3) is 2.46. The average Bonchev–Trinajstić information content (AvgIpc) is 2.67. The normalized spacial score (nSPS) is 10.9. The van der Waals surface area contributed by atoms with Crippen LogP contribution in [0.1, 0.15) is 15.9 Å². The van der Waals surface area contributed by atoms with E-state index in [9.17, 15) is 9.59 Å². The SMILES string of the molecule is COc1[nH]c2cnccc2c(=O)c1C(=O)c1ccc2ccccc2c1. The second kappa shape index (κ2) is 5.87. The van der Waals surface area contributed by atoms with Crippen LogP contribution in [0.2, 0.25) is 0 Å². The van der Waals surface area contributed by atoms with Gasteiger partial charge in [-0.25, -0.2) is 0 Å². The minimum Gasteiger partial charge on any atom is -0.482 e. The highest BCUT2D eigenvalue weighted by atomic mass is 16.5. The lowest BCUT2D eigenvalue weighted by Gasteiger charge is -2.09. The lowest BCUT2D eigenvalue weighted by Crippen LogP contribution is -2.19. The topological polar surface area (TPSA) is 72.0 Å². The number of fused-ring (bicyclic) bond motifs is 2. The maximum Gasteiger partial charge on any atom is 0.206 e. The lowest BCUT2D eigenvalue weighted by atomic mass is 9.99. The van der Waals surface area contributed by atoms with E-state index in [0.717, 1.165) is 10.8 Å². The predicted octanol–water partition coefficient (Wildman–Crippen LogP) is 3.32. The summed E-state index contributed by atoms with van der Waals surface area (Å²) in [4.78, 5) is 32.8. The molecule has 0 atom stereocenters. The van der Waals surface area contributed by atoms with E-state index >= 15 is 0 Å². The zero-order chi connectivity index (χ0) is 17.4. The number of hydrogen-bond donors (Lipinski definition) is 1. The first kappa shape index (κ1) is 15.1. The van der Waals surface area contributed by atoms with Crippen LogP contribution in [0.3, 0.4) is 0 Å². The Morgan fingerprint density at radius 1 is 1.08 bits per heavy atom. The molecule has 0 radical (unpaired) electrons. The van der Waals surface area contributed by atoms with Gasteiger partial charge in [0.1, 0.15) is 5.56 Å². The van der Waals surface area contributed by atoms with Crippen molar-refractivity contribution in [3.8, 4) is 5.88 Å². The number of methoxy groups -OCH3 is 1. The monoisotopic (exact) mass is 330 g/mol. The molecule has 0 saturated carbocycles. The first-order valence-corrected chi connectivity index (χ1v) is 7.76. The van der Waals surface area contributed by atoms with E-state index in [1.807, 2.05) is 30.3 Å². The molecule has 0 spiro atoms. The second-order valence-electron chi connectivity index (χ2n) is 5.67. The fourth-order valence-corrected chi connectivity index (χ4v) is 2.95. The minimum atomic E-state index is -0.373. The van der Waals surface area contributed by atoms with Crippen molar-refractivity contribution < 1.29 is 9.53 Å². The fourth-order valence-electron chi connectivity index (χ4n) is 2.95. The molecule has 5 heteroatoms. The summed E-state index contributed by atoms with van der Waals surface area (Å²) in [6.45, 7) is 0. The van der Waals surface area contributed by atoms with Gasteiger partial charge in [-0.15, -0.1) is 0 Å². The predicted molar refractivity (Wildman–Crippen MR) is 96.3 cm³/mol. The molecule has 5 nitrogen and oxygen atoms in total. The van der Waals surface area contributed by atoms with Gasteiger partial charge in [-0.05, 0) is 22.9 Å². The molecule has 0 saturated heterocycles. The molecule has 2 aromatic heterocycles. The van der Waals surface area contributed by atoms with Gasteiger partial charge in [0, 0.05) is 17.1 Å². The molecule has 2 heterocycles. The number of nitrogens with zero attached hydrogens (tertiary/aromatic N) is 1. The van der Waals surface area contributed by atoms with E-state index in [-0.39, 0.29) is 22.7 Å². The van der Waals surface area contributed by atoms with Crippen LogP contribution < -0.4 is 10.2 Å². The Bertz CT molecular complexity index is 1180. The van der Waals surface area contributed by atoms with Crippen LogP contribution in [0.4, 0.5) is 0 Å². The van der Waals surface area contributed by atoms with Crippen LogP contribution in [0.25, 0.3) is 21.7 Å². The van der Waals surface area contributed by atoms with Crippen molar-refractivity contribution >= 4 is 27.5 Å². The summed E-state index contributed by atoms with van der Waals surface area (Å²) in [7, 11) is 1.42. The number of carbonyl (C=O) groups is 1. The first-order valence-electron chi connectivity index (χ1n) is 7.76. The average molecular weight is 330 g/mol. The van der Waals surface area contributed by atoms with Crippen molar-refractivity contribution in [1.82, 2.24) is 9.97 Å². The number of aromatic amines is 1. The van der Waals surface area contributed by atoms with Crippen LogP contribution >= 0.6 is 0 Å². The van der Waals surface area contributed by atoms with Gasteiger partial charge in [0.15, 0.2) is 0 Å². The molecule has 0 amide bonds. The Labute approximate surface area is 142 Å². The molecular formula is C20H14N2O3. The molecule has 0 aliphatic heterocycles. The van der Waals surface area contributed by atoms with E-state index in [1.54, 1.807) is 18.2 Å². The minimum absolute atomic E-state index is 0.00326. The number of rotatable bonds is 3. The Morgan fingerprint density at radius 2 is 1.88 bits per heavy atom. The number of carbonyl (C=O) groups excluding carboxylic acids is 1. The summed E-state index contributed by atoms with van der Waals surface area (Å²) in [5.74, 6) is -0.230. The van der Waals surface area contributed by atoms with Gasteiger partial charge in [0.05, 0.1) is 18.8 Å². The van der Waals surface area contributed by atoms with E-state index in [1.165, 1.54) is 19.5 Å². The maximum absolute atomic E-state index is 13.0. The highest BCUT2D eigenvalue weighted by molar-refractivity contribution is 6.13. The van der Waals surface area contributed by atoms with E-state index in [4.69, 9.17) is 4.74 Å². The number of ether oxygens (including phenoxy) is 1. The molecule has 0 aliphatic carbocycles. The van der Waals surface area contributed by atoms with Crippen LogP contribution in [0.15, 0.2) is 65.7 Å². The van der Waals surface area contributed by atoms with Crippen molar-refractivity contribution in [2.45, 2.75) is 0 Å². The number of H-pyrrole nitrogens is 1. The van der Waals surface area contributed by atoms with E-state index in [2.05, 4.69) is 9.97 Å². The summed E-state index contributed by atoms with van der Waals surface area (Å²) < 4.78 is 5.26. The number of hydrogen-bond acceptors (Lipinski definition) is 4. The summed E-state index contributed by atoms with van der Waals surface area (Å²) in [5, 5.41) is 2.37. The Kier molecular flexibility index (Phi) is 3.54. The van der Waals surface area contributed by atoms with Crippen molar-refractivity contribution in [3.63, 3.8) is 0 Å². The highest BCUT2D eigenvalue weighted by Crippen LogP contribution is 2.22.